The van der Waals surface area contributed by atoms with Crippen LogP contribution in [0.25, 0.3) is 5.65 Å². The number of aryl methyl sites for hydroxylation is 1. The SMILES string of the molecule is Cc1nc2ccc(C(F)(F)F)cn2c1C(=O)NCC(C)O. The summed E-state index contributed by atoms with van der Waals surface area (Å²) < 4.78 is 39.3. The van der Waals surface area contributed by atoms with Crippen LogP contribution < -0.4 is 5.32 Å². The fraction of sp³-hybridized carbons (Fsp3) is 0.385. The van der Waals surface area contributed by atoms with Gasteiger partial charge in [-0.25, -0.2) is 4.98 Å². The van der Waals surface area contributed by atoms with Gasteiger partial charge in [0.2, 0.25) is 0 Å². The number of aliphatic hydroxyl groups excluding tert-OH is 1. The second-order valence-electron chi connectivity index (χ2n) is 4.75. The molecule has 8 heteroatoms. The van der Waals surface area contributed by atoms with Gasteiger partial charge >= 0.3 is 6.18 Å². The lowest BCUT2D eigenvalue weighted by Gasteiger charge is -2.10. The van der Waals surface area contributed by atoms with E-state index in [1.165, 1.54) is 19.9 Å². The van der Waals surface area contributed by atoms with Crippen LogP contribution in [0.1, 0.15) is 28.7 Å². The molecule has 0 saturated heterocycles. The van der Waals surface area contributed by atoms with E-state index in [1.807, 2.05) is 0 Å². The molecule has 0 spiro atoms. The van der Waals surface area contributed by atoms with Gasteiger partial charge in [0, 0.05) is 12.7 Å². The highest BCUT2D eigenvalue weighted by atomic mass is 19.4. The number of carbonyl (C=O) groups is 1. The van der Waals surface area contributed by atoms with E-state index in [0.717, 1.165) is 16.7 Å². The molecule has 0 saturated carbocycles. The molecule has 5 nitrogen and oxygen atoms in total. The predicted molar refractivity (Wildman–Crippen MR) is 68.9 cm³/mol. The second kappa shape index (κ2) is 5.36. The van der Waals surface area contributed by atoms with Gasteiger partial charge in [0.1, 0.15) is 11.3 Å². The van der Waals surface area contributed by atoms with Crippen molar-refractivity contribution in [3.05, 3.63) is 35.3 Å². The summed E-state index contributed by atoms with van der Waals surface area (Å²) in [4.78, 5) is 16.1. The van der Waals surface area contributed by atoms with Crippen molar-refractivity contribution in [2.45, 2.75) is 26.1 Å². The quantitative estimate of drug-likeness (QED) is 0.908. The third-order valence-corrected chi connectivity index (χ3v) is 2.89. The summed E-state index contributed by atoms with van der Waals surface area (Å²) in [6, 6.07) is 2.13. The smallest absolute Gasteiger partial charge is 0.392 e. The van der Waals surface area contributed by atoms with Crippen molar-refractivity contribution in [3.8, 4) is 0 Å². The highest BCUT2D eigenvalue weighted by molar-refractivity contribution is 5.94. The molecule has 2 rings (SSSR count). The Morgan fingerprint density at radius 3 is 2.71 bits per heavy atom. The zero-order chi connectivity index (χ0) is 15.8. The number of hydrogen-bond donors (Lipinski definition) is 2. The average Bonchev–Trinajstić information content (AvgIpc) is 2.69. The first kappa shape index (κ1) is 15.3. The molecule has 2 heterocycles. The first-order valence-electron chi connectivity index (χ1n) is 6.22. The van der Waals surface area contributed by atoms with Crippen LogP contribution in [0.15, 0.2) is 18.3 Å². The zero-order valence-electron chi connectivity index (χ0n) is 11.4. The maximum atomic E-state index is 12.7. The number of hydrogen-bond acceptors (Lipinski definition) is 3. The number of fused-ring (bicyclic) bond motifs is 1. The Balaban J connectivity index is 2.47. The van der Waals surface area contributed by atoms with Gasteiger partial charge < -0.3 is 10.4 Å². The maximum Gasteiger partial charge on any atom is 0.417 e. The number of halogens is 3. The van der Waals surface area contributed by atoms with Gasteiger partial charge in [-0.2, -0.15) is 13.2 Å². The van der Waals surface area contributed by atoms with Crippen molar-refractivity contribution in [2.24, 2.45) is 0 Å². The van der Waals surface area contributed by atoms with Crippen molar-refractivity contribution < 1.29 is 23.1 Å². The Kier molecular flexibility index (Phi) is 3.91. The molecular weight excluding hydrogens is 287 g/mol. The van der Waals surface area contributed by atoms with Crippen LogP contribution >= 0.6 is 0 Å². The number of pyridine rings is 1. The number of rotatable bonds is 3. The van der Waals surface area contributed by atoms with Crippen LogP contribution in [0.4, 0.5) is 13.2 Å². The number of nitrogens with zero attached hydrogens (tertiary/aromatic N) is 2. The molecule has 0 radical (unpaired) electrons. The largest absolute Gasteiger partial charge is 0.417 e. The van der Waals surface area contributed by atoms with Gasteiger partial charge in [0.15, 0.2) is 0 Å². The number of nitrogens with one attached hydrogen (secondary N) is 1. The highest BCUT2D eigenvalue weighted by Gasteiger charge is 2.31. The van der Waals surface area contributed by atoms with Gasteiger partial charge in [-0.15, -0.1) is 0 Å². The summed E-state index contributed by atoms with van der Waals surface area (Å²) in [5.74, 6) is -0.583. The summed E-state index contributed by atoms with van der Waals surface area (Å²) in [5, 5.41) is 11.6. The van der Waals surface area contributed by atoms with Crippen LogP contribution in [0.2, 0.25) is 0 Å². The van der Waals surface area contributed by atoms with Crippen molar-refractivity contribution in [3.63, 3.8) is 0 Å². The molecule has 1 amide bonds. The molecule has 114 valence electrons. The standard InChI is InChI=1S/C13H14F3N3O2/c1-7(20)5-17-12(21)11-8(2)18-10-4-3-9(6-19(10)11)13(14,15)16/h3-4,6-7,20H,5H2,1-2H3,(H,17,21). The molecular formula is C13H14F3N3O2. The average molecular weight is 301 g/mol. The van der Waals surface area contributed by atoms with Crippen molar-refractivity contribution >= 4 is 11.6 Å². The molecule has 0 aliphatic carbocycles. The lowest BCUT2D eigenvalue weighted by molar-refractivity contribution is -0.137. The topological polar surface area (TPSA) is 66.6 Å². The molecule has 2 aromatic rings. The van der Waals surface area contributed by atoms with Crippen LogP contribution in [0, 0.1) is 6.92 Å². The van der Waals surface area contributed by atoms with E-state index in [-0.39, 0.29) is 17.9 Å². The third-order valence-electron chi connectivity index (χ3n) is 2.89. The van der Waals surface area contributed by atoms with Gasteiger partial charge in [-0.3, -0.25) is 9.20 Å². The van der Waals surface area contributed by atoms with Gasteiger partial charge in [-0.05, 0) is 26.0 Å². The normalized spacial score (nSPS) is 13.4. The molecule has 0 aliphatic heterocycles. The van der Waals surface area contributed by atoms with Gasteiger partial charge in [-0.1, -0.05) is 0 Å². The number of amides is 1. The molecule has 21 heavy (non-hydrogen) atoms. The van der Waals surface area contributed by atoms with Crippen molar-refractivity contribution in [1.82, 2.24) is 14.7 Å². The van der Waals surface area contributed by atoms with E-state index >= 15 is 0 Å². The summed E-state index contributed by atoms with van der Waals surface area (Å²) in [7, 11) is 0. The fourth-order valence-corrected chi connectivity index (χ4v) is 1.93. The minimum Gasteiger partial charge on any atom is -0.392 e. The number of aromatic nitrogens is 2. The van der Waals surface area contributed by atoms with E-state index in [1.54, 1.807) is 0 Å². The molecule has 0 aliphatic rings. The predicted octanol–water partition coefficient (Wildman–Crippen LogP) is 1.77. The highest BCUT2D eigenvalue weighted by Crippen LogP contribution is 2.29. The molecule has 0 fully saturated rings. The lowest BCUT2D eigenvalue weighted by atomic mass is 10.2. The van der Waals surface area contributed by atoms with E-state index < -0.39 is 23.8 Å². The Morgan fingerprint density at radius 1 is 1.48 bits per heavy atom. The second-order valence-corrected chi connectivity index (χ2v) is 4.75. The number of alkyl halides is 3. The number of carbonyl (C=O) groups excluding carboxylic acids is 1. The van der Waals surface area contributed by atoms with Crippen LogP contribution in [-0.4, -0.2) is 33.0 Å². The van der Waals surface area contributed by atoms with Gasteiger partial charge in [0.05, 0.1) is 17.4 Å². The Bertz CT molecular complexity index is 677. The Morgan fingerprint density at radius 2 is 2.14 bits per heavy atom. The minimum atomic E-state index is -4.50. The van der Waals surface area contributed by atoms with Crippen LogP contribution in [0.3, 0.4) is 0 Å². The third kappa shape index (κ3) is 3.15. The van der Waals surface area contributed by atoms with E-state index in [2.05, 4.69) is 10.3 Å². The monoisotopic (exact) mass is 301 g/mol. The van der Waals surface area contributed by atoms with Gasteiger partial charge in [0.25, 0.3) is 5.91 Å². The maximum absolute atomic E-state index is 12.7. The zero-order valence-corrected chi connectivity index (χ0v) is 11.4. The fourth-order valence-electron chi connectivity index (χ4n) is 1.93. The van der Waals surface area contributed by atoms with E-state index in [4.69, 9.17) is 5.11 Å². The van der Waals surface area contributed by atoms with E-state index in [0.29, 0.717) is 5.69 Å². The summed E-state index contributed by atoms with van der Waals surface area (Å²) >= 11 is 0. The van der Waals surface area contributed by atoms with Crippen molar-refractivity contribution in [1.29, 1.82) is 0 Å². The van der Waals surface area contributed by atoms with Crippen LogP contribution in [0.5, 0.6) is 0 Å². The summed E-state index contributed by atoms with van der Waals surface area (Å²) in [6.07, 6.45) is -4.41. The number of imidazole rings is 1. The summed E-state index contributed by atoms with van der Waals surface area (Å²) in [5.41, 5.74) is -0.270. The van der Waals surface area contributed by atoms with Crippen LogP contribution in [-0.2, 0) is 6.18 Å². The summed E-state index contributed by atoms with van der Waals surface area (Å²) in [6.45, 7) is 3.03. The Labute approximate surface area is 118 Å². The lowest BCUT2D eigenvalue weighted by Crippen LogP contribution is -2.31. The number of aliphatic hydroxyl groups is 1. The molecule has 1 unspecified atom stereocenters. The molecule has 0 bridgehead atoms. The molecule has 2 aromatic heterocycles. The first-order valence-corrected chi connectivity index (χ1v) is 6.22. The van der Waals surface area contributed by atoms with Crippen molar-refractivity contribution in [2.75, 3.05) is 6.54 Å². The molecule has 2 N–H and O–H groups in total. The minimum absolute atomic E-state index is 0.00443. The molecule has 1 atom stereocenters. The Hall–Kier alpha value is -2.09. The first-order chi connectivity index (χ1) is 9.70. The van der Waals surface area contributed by atoms with E-state index in [9.17, 15) is 18.0 Å². The molecule has 0 aromatic carbocycles.